The number of benzene rings is 1. The van der Waals surface area contributed by atoms with Gasteiger partial charge in [-0.3, -0.25) is 0 Å². The van der Waals surface area contributed by atoms with Gasteiger partial charge in [-0.2, -0.15) is 10.5 Å². The van der Waals surface area contributed by atoms with Crippen LogP contribution in [0.15, 0.2) is 44.6 Å². The average molecular weight is 265 g/mol. The predicted molar refractivity (Wildman–Crippen MR) is 59.3 cm³/mol. The Morgan fingerprint density at radius 2 is 1.79 bits per heavy atom. The first-order valence-corrected chi connectivity index (χ1v) is 5.36. The van der Waals surface area contributed by atoms with Crippen LogP contribution in [0.3, 0.4) is 0 Å². The van der Waals surface area contributed by atoms with Crippen molar-refractivity contribution in [1.82, 2.24) is 0 Å². The van der Waals surface area contributed by atoms with Crippen LogP contribution in [0.5, 0.6) is 0 Å². The maximum Gasteiger partial charge on any atom is 0.136 e. The highest BCUT2D eigenvalue weighted by atomic mass is 79.9. The normalized spacial score (nSPS) is 8.50. The average Bonchev–Trinajstić information content (AvgIpc) is 2.22. The molecule has 0 aliphatic rings. The molecule has 0 N–H and O–H groups in total. The van der Waals surface area contributed by atoms with E-state index in [1.807, 2.05) is 24.3 Å². The Bertz CT molecular complexity index is 407. The maximum atomic E-state index is 8.49. The summed E-state index contributed by atoms with van der Waals surface area (Å²) >= 11 is 4.68. The molecule has 0 atom stereocenters. The van der Waals surface area contributed by atoms with Crippen molar-refractivity contribution in [3.05, 3.63) is 39.7 Å². The zero-order chi connectivity index (χ0) is 10.4. The van der Waals surface area contributed by atoms with E-state index < -0.39 is 0 Å². The molecule has 0 fully saturated rings. The van der Waals surface area contributed by atoms with Crippen molar-refractivity contribution in [3.63, 3.8) is 0 Å². The van der Waals surface area contributed by atoms with Gasteiger partial charge in [0, 0.05) is 14.8 Å². The van der Waals surface area contributed by atoms with Crippen molar-refractivity contribution in [3.8, 4) is 12.1 Å². The summed E-state index contributed by atoms with van der Waals surface area (Å²) in [7, 11) is 0. The number of halogens is 1. The Balaban J connectivity index is 2.73. The number of rotatable bonds is 2. The molecule has 0 amide bonds. The van der Waals surface area contributed by atoms with Crippen molar-refractivity contribution in [2.75, 3.05) is 0 Å². The van der Waals surface area contributed by atoms with Gasteiger partial charge in [-0.25, -0.2) is 0 Å². The molecular weight excluding hydrogens is 260 g/mol. The van der Waals surface area contributed by atoms with Crippen molar-refractivity contribution in [2.45, 2.75) is 4.90 Å². The topological polar surface area (TPSA) is 47.6 Å². The number of nitrogens with zero attached hydrogens (tertiary/aromatic N) is 2. The lowest BCUT2D eigenvalue weighted by Crippen LogP contribution is -1.71. The van der Waals surface area contributed by atoms with Gasteiger partial charge in [0.25, 0.3) is 0 Å². The third-order valence-corrected chi connectivity index (χ3v) is 2.79. The molecule has 1 aromatic rings. The summed E-state index contributed by atoms with van der Waals surface area (Å²) < 4.78 is 1.01. The summed E-state index contributed by atoms with van der Waals surface area (Å²) in [6.45, 7) is 0. The van der Waals surface area contributed by atoms with Crippen molar-refractivity contribution < 1.29 is 0 Å². The fourth-order valence-electron chi connectivity index (χ4n) is 0.718. The van der Waals surface area contributed by atoms with E-state index in [1.54, 1.807) is 17.5 Å². The van der Waals surface area contributed by atoms with Crippen LogP contribution >= 0.6 is 27.7 Å². The smallest absolute Gasteiger partial charge is 0.136 e. The van der Waals surface area contributed by atoms with E-state index in [-0.39, 0.29) is 5.57 Å². The minimum atomic E-state index is 0.123. The highest BCUT2D eigenvalue weighted by molar-refractivity contribution is 9.10. The quantitative estimate of drug-likeness (QED) is 0.607. The molecule has 0 saturated carbocycles. The molecule has 0 unspecified atom stereocenters. The van der Waals surface area contributed by atoms with Crippen LogP contribution in [0.2, 0.25) is 0 Å². The SMILES string of the molecule is N#CC(C#N)=CSc1ccc(Br)cc1. The van der Waals surface area contributed by atoms with E-state index in [9.17, 15) is 0 Å². The molecule has 0 aromatic heterocycles. The van der Waals surface area contributed by atoms with Crippen molar-refractivity contribution in [2.24, 2.45) is 0 Å². The van der Waals surface area contributed by atoms with Crippen molar-refractivity contribution >= 4 is 27.7 Å². The van der Waals surface area contributed by atoms with Gasteiger partial charge >= 0.3 is 0 Å². The second kappa shape index (κ2) is 5.49. The predicted octanol–water partition coefficient (Wildman–Crippen LogP) is 3.47. The zero-order valence-electron chi connectivity index (χ0n) is 7.07. The van der Waals surface area contributed by atoms with Gasteiger partial charge in [0.15, 0.2) is 0 Å². The van der Waals surface area contributed by atoms with E-state index in [1.165, 1.54) is 11.8 Å². The Kier molecular flexibility index (Phi) is 4.25. The lowest BCUT2D eigenvalue weighted by Gasteiger charge is -1.95. The van der Waals surface area contributed by atoms with Crippen molar-refractivity contribution in [1.29, 1.82) is 10.5 Å². The van der Waals surface area contributed by atoms with Crippen LogP contribution in [0.25, 0.3) is 0 Å². The second-order valence-corrected chi connectivity index (χ2v) is 4.19. The highest BCUT2D eigenvalue weighted by Gasteiger charge is 1.94. The van der Waals surface area contributed by atoms with Crippen LogP contribution < -0.4 is 0 Å². The Morgan fingerprint density at radius 3 is 2.29 bits per heavy atom. The monoisotopic (exact) mass is 264 g/mol. The summed E-state index contributed by atoms with van der Waals surface area (Å²) in [6, 6.07) is 11.3. The van der Waals surface area contributed by atoms with Gasteiger partial charge in [-0.15, -0.1) is 0 Å². The molecule has 1 rings (SSSR count). The molecule has 0 heterocycles. The van der Waals surface area contributed by atoms with Crippen LogP contribution in [-0.4, -0.2) is 0 Å². The second-order valence-electron chi connectivity index (χ2n) is 2.33. The summed E-state index contributed by atoms with van der Waals surface area (Å²) in [5.41, 5.74) is 0.123. The Hall–Kier alpha value is -1.23. The number of nitriles is 2. The fraction of sp³-hybridized carbons (Fsp3) is 0. The molecule has 1 aromatic carbocycles. The van der Waals surface area contributed by atoms with Gasteiger partial charge in [0.05, 0.1) is 0 Å². The maximum absolute atomic E-state index is 8.49. The van der Waals surface area contributed by atoms with E-state index in [0.717, 1.165) is 9.37 Å². The van der Waals surface area contributed by atoms with Gasteiger partial charge in [-0.1, -0.05) is 27.7 Å². The lowest BCUT2D eigenvalue weighted by molar-refractivity contribution is 1.44. The Labute approximate surface area is 95.0 Å². The van der Waals surface area contributed by atoms with Crippen LogP contribution in [-0.2, 0) is 0 Å². The molecule has 68 valence electrons. The summed E-state index contributed by atoms with van der Waals surface area (Å²) in [5, 5.41) is 18.5. The third kappa shape index (κ3) is 3.26. The molecule has 0 radical (unpaired) electrons. The first-order valence-electron chi connectivity index (χ1n) is 3.69. The van der Waals surface area contributed by atoms with Gasteiger partial charge in [0.1, 0.15) is 17.7 Å². The van der Waals surface area contributed by atoms with E-state index >= 15 is 0 Å². The molecule has 0 saturated heterocycles. The molecule has 0 bridgehead atoms. The standard InChI is InChI=1S/C10H5BrN2S/c11-9-1-3-10(4-2-9)14-7-8(5-12)6-13/h1-4,7H. The zero-order valence-corrected chi connectivity index (χ0v) is 9.47. The first kappa shape index (κ1) is 10.8. The number of hydrogen-bond acceptors (Lipinski definition) is 3. The fourth-order valence-corrected chi connectivity index (χ4v) is 1.63. The largest absolute Gasteiger partial charge is 0.192 e. The molecule has 4 heteroatoms. The molecular formula is C10H5BrN2S. The minimum absolute atomic E-state index is 0.123. The van der Waals surface area contributed by atoms with E-state index in [4.69, 9.17) is 10.5 Å². The molecule has 2 nitrogen and oxygen atoms in total. The third-order valence-electron chi connectivity index (χ3n) is 1.37. The number of thioether (sulfide) groups is 1. The molecule has 0 spiro atoms. The highest BCUT2D eigenvalue weighted by Crippen LogP contribution is 2.22. The number of allylic oxidation sites excluding steroid dienone is 1. The lowest BCUT2D eigenvalue weighted by atomic mass is 10.4. The summed E-state index contributed by atoms with van der Waals surface area (Å²) in [6.07, 6.45) is 0. The van der Waals surface area contributed by atoms with Gasteiger partial charge in [0.2, 0.25) is 0 Å². The van der Waals surface area contributed by atoms with Gasteiger partial charge < -0.3 is 0 Å². The van der Waals surface area contributed by atoms with Crippen LogP contribution in [0.1, 0.15) is 0 Å². The first-order chi connectivity index (χ1) is 6.76. The summed E-state index contributed by atoms with van der Waals surface area (Å²) in [5.74, 6) is 0. The van der Waals surface area contributed by atoms with Gasteiger partial charge in [-0.05, 0) is 24.3 Å². The van der Waals surface area contributed by atoms with Crippen LogP contribution in [0.4, 0.5) is 0 Å². The molecule has 0 aliphatic carbocycles. The Morgan fingerprint density at radius 1 is 1.21 bits per heavy atom. The number of hydrogen-bond donors (Lipinski definition) is 0. The van der Waals surface area contributed by atoms with E-state index in [2.05, 4.69) is 15.9 Å². The molecule has 0 aliphatic heterocycles. The van der Waals surface area contributed by atoms with E-state index in [0.29, 0.717) is 0 Å². The summed E-state index contributed by atoms with van der Waals surface area (Å²) in [4.78, 5) is 0.996. The van der Waals surface area contributed by atoms with Crippen LogP contribution in [0, 0.1) is 22.7 Å². The molecule has 14 heavy (non-hydrogen) atoms. The minimum Gasteiger partial charge on any atom is -0.192 e.